The van der Waals surface area contributed by atoms with E-state index in [1.165, 1.54) is 12.3 Å². The summed E-state index contributed by atoms with van der Waals surface area (Å²) in [7, 11) is 0. The molecule has 3 aromatic rings. The number of carbonyl (C=O) groups excluding carboxylic acids is 1. The van der Waals surface area contributed by atoms with Gasteiger partial charge in [-0.3, -0.25) is 9.59 Å². The highest BCUT2D eigenvalue weighted by atomic mass is 35.5. The van der Waals surface area contributed by atoms with Gasteiger partial charge in [-0.1, -0.05) is 53.5 Å². The quantitative estimate of drug-likeness (QED) is 0.742. The smallest absolute Gasteiger partial charge is 0.264 e. The molecule has 0 radical (unpaired) electrons. The van der Waals surface area contributed by atoms with Crippen LogP contribution in [0.1, 0.15) is 10.4 Å². The van der Waals surface area contributed by atoms with E-state index in [1.807, 2.05) is 30.3 Å². The van der Waals surface area contributed by atoms with Crippen molar-refractivity contribution in [1.82, 2.24) is 9.97 Å². The monoisotopic (exact) mass is 359 g/mol. The number of halogens is 2. The van der Waals surface area contributed by atoms with Crippen molar-refractivity contribution >= 4 is 34.8 Å². The first kappa shape index (κ1) is 16.2. The second-order valence-electron chi connectivity index (χ2n) is 4.92. The summed E-state index contributed by atoms with van der Waals surface area (Å²) in [5.41, 5.74) is 0.564. The number of rotatable bonds is 3. The lowest BCUT2D eigenvalue weighted by molar-refractivity contribution is 0.102. The van der Waals surface area contributed by atoms with Crippen molar-refractivity contribution in [2.45, 2.75) is 0 Å². The Labute approximate surface area is 147 Å². The Bertz CT molecular complexity index is 956. The van der Waals surface area contributed by atoms with Crippen LogP contribution in [0.3, 0.4) is 0 Å². The number of carbonyl (C=O) groups is 1. The number of aromatic nitrogens is 2. The normalized spacial score (nSPS) is 10.4. The van der Waals surface area contributed by atoms with Crippen molar-refractivity contribution in [2.24, 2.45) is 0 Å². The first-order chi connectivity index (χ1) is 11.5. The zero-order chi connectivity index (χ0) is 17.1. The van der Waals surface area contributed by atoms with Gasteiger partial charge >= 0.3 is 0 Å². The fourth-order valence-corrected chi connectivity index (χ4v) is 2.37. The number of anilines is 1. The van der Waals surface area contributed by atoms with Gasteiger partial charge < -0.3 is 10.3 Å². The second kappa shape index (κ2) is 6.86. The molecule has 2 aromatic carbocycles. The molecular formula is C17H11Cl2N3O2. The number of benzene rings is 2. The number of aromatic amines is 1. The van der Waals surface area contributed by atoms with Crippen molar-refractivity contribution < 1.29 is 4.79 Å². The van der Waals surface area contributed by atoms with Gasteiger partial charge in [0.15, 0.2) is 0 Å². The maximum atomic E-state index is 12.2. The molecule has 0 saturated carbocycles. The number of nitrogens with one attached hydrogen (secondary N) is 2. The fraction of sp³-hybridized carbons (Fsp3) is 0. The van der Waals surface area contributed by atoms with Gasteiger partial charge in [-0.25, -0.2) is 4.98 Å². The minimum absolute atomic E-state index is 0.0965. The Hall–Kier alpha value is -2.63. The predicted molar refractivity (Wildman–Crippen MR) is 94.7 cm³/mol. The van der Waals surface area contributed by atoms with Gasteiger partial charge in [-0.2, -0.15) is 0 Å². The number of hydrogen-bond donors (Lipinski definition) is 2. The van der Waals surface area contributed by atoms with Gasteiger partial charge in [-0.05, 0) is 18.2 Å². The van der Waals surface area contributed by atoms with Crippen LogP contribution in [0.4, 0.5) is 5.69 Å². The number of H-pyrrole nitrogens is 1. The van der Waals surface area contributed by atoms with Crippen LogP contribution in [-0.2, 0) is 0 Å². The number of hydrogen-bond acceptors (Lipinski definition) is 3. The molecule has 1 amide bonds. The summed E-state index contributed by atoms with van der Waals surface area (Å²) >= 11 is 11.7. The second-order valence-corrected chi connectivity index (χ2v) is 5.74. The van der Waals surface area contributed by atoms with Gasteiger partial charge in [0.1, 0.15) is 11.4 Å². The Morgan fingerprint density at radius 3 is 2.46 bits per heavy atom. The van der Waals surface area contributed by atoms with E-state index in [4.69, 9.17) is 23.2 Å². The molecule has 2 N–H and O–H groups in total. The predicted octanol–water partition coefficient (Wildman–Crippen LogP) is 4.00. The van der Waals surface area contributed by atoms with Crippen LogP contribution in [0.5, 0.6) is 0 Å². The SMILES string of the molecule is O=C(Nc1ccc(Cl)c(Cl)c1)c1cnc(-c2ccccc2)[nH]c1=O. The first-order valence-electron chi connectivity index (χ1n) is 6.96. The third kappa shape index (κ3) is 3.48. The molecule has 5 nitrogen and oxygen atoms in total. The standard InChI is InChI=1S/C17H11Cl2N3O2/c18-13-7-6-11(8-14(13)19)21-16(23)12-9-20-15(22-17(12)24)10-4-2-1-3-5-10/h1-9H,(H,21,23)(H,20,22,24). The van der Waals surface area contributed by atoms with Crippen LogP contribution in [0.25, 0.3) is 11.4 Å². The van der Waals surface area contributed by atoms with E-state index in [-0.39, 0.29) is 5.56 Å². The van der Waals surface area contributed by atoms with Gasteiger partial charge in [-0.15, -0.1) is 0 Å². The van der Waals surface area contributed by atoms with Crippen molar-refractivity contribution in [1.29, 1.82) is 0 Å². The van der Waals surface area contributed by atoms with E-state index in [9.17, 15) is 9.59 Å². The van der Waals surface area contributed by atoms with Crippen LogP contribution < -0.4 is 10.9 Å². The maximum Gasteiger partial charge on any atom is 0.264 e. The Morgan fingerprint density at radius 2 is 1.79 bits per heavy atom. The zero-order valence-corrected chi connectivity index (χ0v) is 13.7. The summed E-state index contributed by atoms with van der Waals surface area (Å²) < 4.78 is 0. The van der Waals surface area contributed by atoms with Gasteiger partial charge in [0, 0.05) is 17.4 Å². The molecule has 1 aromatic heterocycles. The number of amides is 1. The highest BCUT2D eigenvalue weighted by molar-refractivity contribution is 6.42. The van der Waals surface area contributed by atoms with E-state index >= 15 is 0 Å². The van der Waals surface area contributed by atoms with Crippen molar-refractivity contribution in [3.8, 4) is 11.4 Å². The van der Waals surface area contributed by atoms with Crippen LogP contribution >= 0.6 is 23.2 Å². The van der Waals surface area contributed by atoms with Crippen LogP contribution in [-0.4, -0.2) is 15.9 Å². The highest BCUT2D eigenvalue weighted by Gasteiger charge is 2.13. The van der Waals surface area contributed by atoms with E-state index in [1.54, 1.807) is 12.1 Å². The third-order valence-electron chi connectivity index (χ3n) is 3.27. The van der Waals surface area contributed by atoms with Gasteiger partial charge in [0.05, 0.1) is 10.0 Å². The molecule has 0 aliphatic rings. The summed E-state index contributed by atoms with van der Waals surface area (Å²) in [5.74, 6) is -0.187. The Balaban J connectivity index is 1.85. The molecule has 0 fully saturated rings. The Kier molecular flexibility index (Phi) is 4.64. The minimum Gasteiger partial charge on any atom is -0.322 e. The molecular weight excluding hydrogens is 349 g/mol. The fourth-order valence-electron chi connectivity index (χ4n) is 2.07. The summed E-state index contributed by atoms with van der Waals surface area (Å²) in [6.45, 7) is 0. The average Bonchev–Trinajstić information content (AvgIpc) is 2.59. The van der Waals surface area contributed by atoms with Gasteiger partial charge in [0.2, 0.25) is 0 Å². The van der Waals surface area contributed by atoms with Crippen molar-refractivity contribution in [3.05, 3.63) is 80.7 Å². The maximum absolute atomic E-state index is 12.2. The highest BCUT2D eigenvalue weighted by Crippen LogP contribution is 2.25. The molecule has 0 aliphatic carbocycles. The molecule has 1 heterocycles. The van der Waals surface area contributed by atoms with E-state index in [0.29, 0.717) is 21.6 Å². The molecule has 0 spiro atoms. The lowest BCUT2D eigenvalue weighted by Gasteiger charge is -2.06. The van der Waals surface area contributed by atoms with Crippen LogP contribution in [0.2, 0.25) is 10.0 Å². The van der Waals surface area contributed by atoms with E-state index in [2.05, 4.69) is 15.3 Å². The average molecular weight is 360 g/mol. The molecule has 0 aliphatic heterocycles. The lowest BCUT2D eigenvalue weighted by Crippen LogP contribution is -2.24. The molecule has 0 atom stereocenters. The third-order valence-corrected chi connectivity index (χ3v) is 4.01. The van der Waals surface area contributed by atoms with Crippen molar-refractivity contribution in [2.75, 3.05) is 5.32 Å². The number of nitrogens with zero attached hydrogens (tertiary/aromatic N) is 1. The molecule has 7 heteroatoms. The molecule has 3 rings (SSSR count). The molecule has 120 valence electrons. The summed E-state index contributed by atoms with van der Waals surface area (Å²) in [4.78, 5) is 31.1. The van der Waals surface area contributed by atoms with Crippen molar-refractivity contribution in [3.63, 3.8) is 0 Å². The summed E-state index contributed by atoms with van der Waals surface area (Å²) in [5, 5.41) is 3.27. The topological polar surface area (TPSA) is 74.8 Å². The summed E-state index contributed by atoms with van der Waals surface area (Å²) in [6, 6.07) is 13.8. The molecule has 0 saturated heterocycles. The zero-order valence-electron chi connectivity index (χ0n) is 12.2. The lowest BCUT2D eigenvalue weighted by atomic mass is 10.2. The largest absolute Gasteiger partial charge is 0.322 e. The van der Waals surface area contributed by atoms with E-state index in [0.717, 1.165) is 5.56 Å². The Morgan fingerprint density at radius 1 is 1.04 bits per heavy atom. The molecule has 24 heavy (non-hydrogen) atoms. The van der Waals surface area contributed by atoms with Gasteiger partial charge in [0.25, 0.3) is 11.5 Å². The summed E-state index contributed by atoms with van der Waals surface area (Å²) in [6.07, 6.45) is 1.24. The minimum atomic E-state index is -0.582. The molecule has 0 bridgehead atoms. The van der Waals surface area contributed by atoms with Crippen LogP contribution in [0, 0.1) is 0 Å². The van der Waals surface area contributed by atoms with E-state index < -0.39 is 11.5 Å². The van der Waals surface area contributed by atoms with Crippen LogP contribution in [0.15, 0.2) is 59.5 Å². The first-order valence-corrected chi connectivity index (χ1v) is 7.71. The molecule has 0 unspecified atom stereocenters.